The second-order valence-corrected chi connectivity index (χ2v) is 35.8. The number of thioether (sulfide) groups is 2. The second kappa shape index (κ2) is 39.6. The Labute approximate surface area is 734 Å². The van der Waals surface area contributed by atoms with Crippen LogP contribution in [0.25, 0.3) is 44.0 Å². The average Bonchev–Trinajstić information content (AvgIpc) is 1.69. The number of alkyl halides is 3. The number of esters is 1. The van der Waals surface area contributed by atoms with Gasteiger partial charge in [-0.15, -0.1) is 23.1 Å². The number of aryl methyl sites for hydroxylation is 1. The summed E-state index contributed by atoms with van der Waals surface area (Å²) < 4.78 is 98.0. The van der Waals surface area contributed by atoms with E-state index < -0.39 is 40.4 Å². The lowest BCUT2D eigenvalue weighted by atomic mass is 9.95. The van der Waals surface area contributed by atoms with Gasteiger partial charge in [0, 0.05) is 70.9 Å². The van der Waals surface area contributed by atoms with Crippen molar-refractivity contribution in [2.75, 3.05) is 33.4 Å². The summed E-state index contributed by atoms with van der Waals surface area (Å²) in [5.74, 6) is 1.52. The number of likely N-dealkylation sites (tertiary alicyclic amines) is 1. The minimum atomic E-state index is -4.44. The molecule has 4 atom stereocenters. The molecule has 11 aromatic carbocycles. The smallest absolute Gasteiger partial charge is 0.416 e. The minimum Gasteiger partial charge on any atom is -0.489 e. The molecule has 0 spiro atoms. The van der Waals surface area contributed by atoms with Crippen molar-refractivity contribution in [3.8, 4) is 16.9 Å². The number of halogens is 5. The fourth-order valence-corrected chi connectivity index (χ4v) is 20.6. The highest BCUT2D eigenvalue weighted by Crippen LogP contribution is 2.53. The van der Waals surface area contributed by atoms with Gasteiger partial charge in [0.1, 0.15) is 30.5 Å². The molecule has 18 rings (SSSR count). The van der Waals surface area contributed by atoms with Crippen LogP contribution in [0, 0.1) is 12.7 Å². The van der Waals surface area contributed by atoms with Crippen LogP contribution in [0.15, 0.2) is 321 Å². The van der Waals surface area contributed by atoms with Crippen molar-refractivity contribution in [3.05, 3.63) is 373 Å². The van der Waals surface area contributed by atoms with Gasteiger partial charge in [-0.2, -0.15) is 13.2 Å². The molecule has 2 aliphatic carbocycles. The molecule has 1 unspecified atom stereocenters. The molecular formula is C97H85BrF4N9O9S4+. The number of imidazole rings is 2. The first-order valence-corrected chi connectivity index (χ1v) is 45.3. The van der Waals surface area contributed by atoms with Crippen molar-refractivity contribution in [2.24, 2.45) is 0 Å². The van der Waals surface area contributed by atoms with Crippen molar-refractivity contribution in [2.45, 2.75) is 102 Å². The average molecular weight is 1800 g/mol. The van der Waals surface area contributed by atoms with E-state index in [9.17, 15) is 50.0 Å². The number of benzene rings is 11. The van der Waals surface area contributed by atoms with Gasteiger partial charge in [0.15, 0.2) is 22.8 Å². The maximum absolute atomic E-state index is 14.0. The normalized spacial score (nSPS) is 15.6. The zero-order valence-electron chi connectivity index (χ0n) is 67.3. The Morgan fingerprint density at radius 3 is 2.09 bits per heavy atom. The van der Waals surface area contributed by atoms with Crippen LogP contribution in [0.3, 0.4) is 0 Å². The molecule has 15 aromatic rings. The monoisotopic (exact) mass is 1800 g/mol. The van der Waals surface area contributed by atoms with E-state index >= 15 is 0 Å². The topological polar surface area (TPSA) is 223 Å². The summed E-state index contributed by atoms with van der Waals surface area (Å²) >= 11 is 8.10. The van der Waals surface area contributed by atoms with Gasteiger partial charge in [-0.1, -0.05) is 209 Å². The number of ether oxygens (including phenoxy) is 2. The predicted molar refractivity (Wildman–Crippen MR) is 480 cm³/mol. The number of piperidine rings is 1. The molecule has 1 aliphatic heterocycles. The van der Waals surface area contributed by atoms with Gasteiger partial charge in [-0.3, -0.25) is 19.0 Å². The number of hydrogen-bond donors (Lipinski definition) is 3. The van der Waals surface area contributed by atoms with Crippen LogP contribution >= 0.6 is 50.8 Å². The maximum Gasteiger partial charge on any atom is 0.416 e. The number of Topliss-reactive ketones (excluding diaryl/α,β-unsaturated/α-hetero) is 1. The molecule has 2 fully saturated rings. The van der Waals surface area contributed by atoms with Crippen molar-refractivity contribution < 1.29 is 59.2 Å². The van der Waals surface area contributed by atoms with Crippen molar-refractivity contribution in [1.82, 2.24) is 39.0 Å². The first-order valence-electron chi connectivity index (χ1n) is 40.2. The van der Waals surface area contributed by atoms with Gasteiger partial charge >= 0.3 is 17.8 Å². The van der Waals surface area contributed by atoms with Gasteiger partial charge in [-0.25, -0.2) is 46.6 Å². The molecule has 3 N–H and O–H groups in total. The molecule has 1 saturated heterocycles. The van der Waals surface area contributed by atoms with Crippen LogP contribution in [0.5, 0.6) is 5.75 Å². The summed E-state index contributed by atoms with van der Waals surface area (Å²) in [4.78, 5) is 84.3. The maximum atomic E-state index is 14.0. The SMILES string of the molecule is CN(Cc1cccs1)C(=O)COC(=O)c1ccccc1-c1ccc(C(F)(F)F)cc1.Cc1ccc(S(=O)(=O)N[C@@H]2c3cccc4cccc(c34)[C@@H]2Sc2ncccn2)cc1.O=C(c1ccccc1SCc1ccccc1F)N1CCC(n2c(=O)[nH]c3ccccc32)CC1.O=C1C[C@@H](c2[nH]c3ccccc3[n+]2CCOc2ccccc2)CC1c1ccccc1Br. The van der Waals surface area contributed by atoms with E-state index in [0.717, 1.165) is 119 Å². The summed E-state index contributed by atoms with van der Waals surface area (Å²) in [6, 6.07) is 83.4. The molecular weight excluding hydrogens is 1720 g/mol. The second-order valence-electron chi connectivity index (χ2n) is 30.0. The van der Waals surface area contributed by atoms with Crippen LogP contribution in [-0.2, 0) is 49.4 Å². The molecule has 630 valence electrons. The third kappa shape index (κ3) is 20.5. The first kappa shape index (κ1) is 86.8. The largest absolute Gasteiger partial charge is 0.489 e. The minimum absolute atomic E-state index is 0.0173. The Hall–Kier alpha value is -12.1. The molecule has 27 heteroatoms. The number of nitrogens with zero attached hydrogens (tertiary/aromatic N) is 6. The summed E-state index contributed by atoms with van der Waals surface area (Å²) in [6.07, 6.45) is 1.77. The van der Waals surface area contributed by atoms with Crippen LogP contribution in [0.2, 0.25) is 0 Å². The lowest BCUT2D eigenvalue weighted by Crippen LogP contribution is -2.40. The zero-order chi connectivity index (χ0) is 86.4. The zero-order valence-corrected chi connectivity index (χ0v) is 72.2. The van der Waals surface area contributed by atoms with E-state index in [-0.39, 0.29) is 56.9 Å². The van der Waals surface area contributed by atoms with E-state index in [2.05, 4.69) is 87.6 Å². The molecule has 1 saturated carbocycles. The number of aromatic amines is 2. The number of nitrogens with one attached hydrogen (secondary N) is 3. The highest BCUT2D eigenvalue weighted by Gasteiger charge is 2.42. The van der Waals surface area contributed by atoms with Crippen LogP contribution in [0.4, 0.5) is 17.6 Å². The number of H-pyrrole nitrogens is 2. The number of amides is 2. The first-order chi connectivity index (χ1) is 60.1. The number of likely N-dealkylation sites (N-methyl/N-ethyl adjacent to an activating group) is 1. The Kier molecular flexibility index (Phi) is 27.7. The van der Waals surface area contributed by atoms with Gasteiger partial charge in [0.2, 0.25) is 10.0 Å². The Balaban J connectivity index is 0.000000128. The standard InChI is InChI=1S/C26H23BrN2O2.C26H24FN3O2S.C23H19N3O2S2.C22H18F3NO3S/c27-22-11-5-4-10-20(22)21-16-18(17-25(21)30)26-28-23-12-6-7-13-24(23)29(26)14-15-31-19-8-2-1-3-9-19;27-21-9-3-1-7-18(21)17-33-24-12-6-2-8-20(24)25(31)29-15-13-19(14-16-29)30-23-11-5-4-10-22(23)28-26(30)32;1-15-9-11-17(12-10-15)30(27,28)26-21-18-7-2-5-16-6-3-8-19(20(16)18)22(21)29-23-24-13-4-14-25-23;1-26(13-17-5-4-12-30-17)20(27)14-29-21(28)19-7-3-2-6-18(19)15-8-10-16(11-9-15)22(23,24)25/h1-13,18,21H,14-17H2;1-12,19H,13-17H2,(H,28,32);2-14,21-22,26H,1H3;2-12H,13-14H2,1H3/p+1/t18-,21?;;21-,22+;/m0.1./s1. The number of aromatic nitrogens is 6. The number of fused-ring (bicyclic) bond motifs is 2. The molecule has 124 heavy (non-hydrogen) atoms. The third-order valence-electron chi connectivity index (χ3n) is 22.0. The molecule has 0 radical (unpaired) electrons. The number of ketones is 1. The van der Waals surface area contributed by atoms with E-state index in [1.54, 1.807) is 68.0 Å². The van der Waals surface area contributed by atoms with Gasteiger partial charge in [-0.05, 0) is 179 Å². The van der Waals surface area contributed by atoms with Gasteiger partial charge < -0.3 is 24.3 Å². The van der Waals surface area contributed by atoms with Crippen LogP contribution < -0.4 is 19.7 Å². The Morgan fingerprint density at radius 1 is 0.694 bits per heavy atom. The number of carbonyl (C=O) groups is 4. The molecule has 2 amide bonds. The van der Waals surface area contributed by atoms with Gasteiger partial charge in [0.25, 0.3) is 17.6 Å². The van der Waals surface area contributed by atoms with E-state index in [1.165, 1.54) is 64.0 Å². The predicted octanol–water partition coefficient (Wildman–Crippen LogP) is 20.8. The van der Waals surface area contributed by atoms with Crippen molar-refractivity contribution in [3.63, 3.8) is 0 Å². The van der Waals surface area contributed by atoms with Crippen LogP contribution in [-0.4, -0.2) is 99.6 Å². The van der Waals surface area contributed by atoms with E-state index in [0.29, 0.717) is 71.6 Å². The van der Waals surface area contributed by atoms with Crippen molar-refractivity contribution in [1.29, 1.82) is 0 Å². The fraction of sp³-hybridized carbons (Fsp3) is 0.196. The summed E-state index contributed by atoms with van der Waals surface area (Å²) in [5, 5.41) is 4.55. The molecule has 0 bridgehead atoms. The van der Waals surface area contributed by atoms with Crippen molar-refractivity contribution >= 4 is 117 Å². The highest BCUT2D eigenvalue weighted by molar-refractivity contribution is 9.10. The number of rotatable bonds is 22. The third-order valence-corrected chi connectivity index (χ3v) is 27.4. The number of thiophene rings is 1. The Bertz CT molecular complexity index is 6470. The number of carbonyl (C=O) groups excluding carboxylic acids is 4. The summed E-state index contributed by atoms with van der Waals surface area (Å²) in [6.45, 7) is 4.38. The lowest BCUT2D eigenvalue weighted by molar-refractivity contribution is -0.680. The number of sulfonamides is 1. The quantitative estimate of drug-likeness (QED) is 0.0189. The Morgan fingerprint density at radius 2 is 1.35 bits per heavy atom. The fourth-order valence-electron chi connectivity index (χ4n) is 15.8. The van der Waals surface area contributed by atoms with E-state index in [4.69, 9.17) is 9.47 Å². The number of hydrogen-bond acceptors (Lipinski definition) is 14. The summed E-state index contributed by atoms with van der Waals surface area (Å²) in [7, 11) is -2.09. The highest BCUT2D eigenvalue weighted by atomic mass is 79.9. The molecule has 5 heterocycles. The van der Waals surface area contributed by atoms with E-state index in [1.807, 2.05) is 173 Å². The van der Waals surface area contributed by atoms with Gasteiger partial charge in [0.05, 0.1) is 56.4 Å². The number of para-hydroxylation sites is 5. The molecule has 18 nitrogen and oxygen atoms in total. The lowest BCUT2D eigenvalue weighted by Gasteiger charge is -2.33. The van der Waals surface area contributed by atoms with Crippen LogP contribution in [0.1, 0.15) is 120 Å². The molecule has 4 aromatic heterocycles. The summed E-state index contributed by atoms with van der Waals surface area (Å²) in [5.41, 5.74) is 9.58. The molecule has 3 aliphatic rings.